The van der Waals surface area contributed by atoms with E-state index in [0.717, 1.165) is 12.8 Å². The van der Waals surface area contributed by atoms with E-state index in [0.29, 0.717) is 22.3 Å². The molecule has 4 nitrogen and oxygen atoms in total. The Morgan fingerprint density at radius 2 is 1.71 bits per heavy atom. The van der Waals surface area contributed by atoms with E-state index in [2.05, 4.69) is 10.6 Å². The standard InChI is InChI=1S/C15H20Cl2N2O2/c1-4-5-9-18-13(20)15(2,3)14(21)19-12-10(16)7-6-8-11(12)17/h6-8H,4-5,9H2,1-3H3,(H,18,20)(H,19,21). The first-order valence-corrected chi connectivity index (χ1v) is 7.60. The van der Waals surface area contributed by atoms with Crippen molar-refractivity contribution >= 4 is 40.7 Å². The van der Waals surface area contributed by atoms with Gasteiger partial charge in [0.25, 0.3) is 0 Å². The van der Waals surface area contributed by atoms with Crippen molar-refractivity contribution in [2.75, 3.05) is 11.9 Å². The molecular formula is C15H20Cl2N2O2. The van der Waals surface area contributed by atoms with Crippen LogP contribution in [-0.4, -0.2) is 18.4 Å². The minimum Gasteiger partial charge on any atom is -0.355 e. The minimum absolute atomic E-state index is 0.320. The topological polar surface area (TPSA) is 58.2 Å². The lowest BCUT2D eigenvalue weighted by molar-refractivity contribution is -0.138. The normalized spacial score (nSPS) is 11.1. The summed E-state index contributed by atoms with van der Waals surface area (Å²) in [5, 5.41) is 6.04. The van der Waals surface area contributed by atoms with Crippen LogP contribution in [0.1, 0.15) is 33.6 Å². The lowest BCUT2D eigenvalue weighted by Gasteiger charge is -2.23. The fraction of sp³-hybridized carbons (Fsp3) is 0.467. The highest BCUT2D eigenvalue weighted by Gasteiger charge is 2.36. The molecule has 2 N–H and O–H groups in total. The number of nitrogens with one attached hydrogen (secondary N) is 2. The number of amides is 2. The summed E-state index contributed by atoms with van der Waals surface area (Å²) < 4.78 is 0. The molecule has 21 heavy (non-hydrogen) atoms. The number of unbranched alkanes of at least 4 members (excludes halogenated alkanes) is 1. The Kier molecular flexibility index (Phi) is 6.49. The third-order valence-electron chi connectivity index (χ3n) is 3.15. The van der Waals surface area contributed by atoms with Crippen LogP contribution >= 0.6 is 23.2 Å². The number of carbonyl (C=O) groups excluding carboxylic acids is 2. The van der Waals surface area contributed by atoms with Gasteiger partial charge in [-0.1, -0.05) is 42.6 Å². The van der Waals surface area contributed by atoms with E-state index in [1.807, 2.05) is 6.92 Å². The molecule has 1 aromatic carbocycles. The summed E-state index contributed by atoms with van der Waals surface area (Å²) in [5.74, 6) is -0.775. The lowest BCUT2D eigenvalue weighted by atomic mass is 9.91. The monoisotopic (exact) mass is 330 g/mol. The largest absolute Gasteiger partial charge is 0.355 e. The van der Waals surface area contributed by atoms with E-state index < -0.39 is 11.3 Å². The van der Waals surface area contributed by atoms with E-state index in [1.54, 1.807) is 32.0 Å². The van der Waals surface area contributed by atoms with E-state index >= 15 is 0 Å². The van der Waals surface area contributed by atoms with Crippen molar-refractivity contribution < 1.29 is 9.59 Å². The molecule has 0 saturated carbocycles. The third-order valence-corrected chi connectivity index (χ3v) is 3.78. The molecule has 2 amide bonds. The molecule has 0 saturated heterocycles. The molecule has 0 aromatic heterocycles. The second kappa shape index (κ2) is 7.66. The molecule has 0 aliphatic heterocycles. The molecule has 0 aliphatic carbocycles. The number of hydrogen-bond donors (Lipinski definition) is 2. The summed E-state index contributed by atoms with van der Waals surface area (Å²) in [5.41, 5.74) is -0.892. The average molecular weight is 331 g/mol. The van der Waals surface area contributed by atoms with Crippen molar-refractivity contribution in [2.24, 2.45) is 5.41 Å². The number of anilines is 1. The highest BCUT2D eigenvalue weighted by atomic mass is 35.5. The van der Waals surface area contributed by atoms with Crippen molar-refractivity contribution in [3.8, 4) is 0 Å². The van der Waals surface area contributed by atoms with Gasteiger partial charge < -0.3 is 10.6 Å². The first-order chi connectivity index (χ1) is 9.80. The Morgan fingerprint density at radius 1 is 1.14 bits per heavy atom. The van der Waals surface area contributed by atoms with E-state index in [4.69, 9.17) is 23.2 Å². The van der Waals surface area contributed by atoms with Crippen LogP contribution < -0.4 is 10.6 Å². The molecular weight excluding hydrogens is 311 g/mol. The smallest absolute Gasteiger partial charge is 0.239 e. The highest BCUT2D eigenvalue weighted by Crippen LogP contribution is 2.31. The molecule has 0 unspecified atom stereocenters. The van der Waals surface area contributed by atoms with E-state index in [-0.39, 0.29) is 5.91 Å². The van der Waals surface area contributed by atoms with Crippen molar-refractivity contribution in [2.45, 2.75) is 33.6 Å². The molecule has 6 heteroatoms. The zero-order valence-electron chi connectivity index (χ0n) is 12.4. The first-order valence-electron chi connectivity index (χ1n) is 6.84. The van der Waals surface area contributed by atoms with Crippen molar-refractivity contribution in [3.63, 3.8) is 0 Å². The van der Waals surface area contributed by atoms with Crippen LogP contribution in [0.2, 0.25) is 10.0 Å². The van der Waals surface area contributed by atoms with Gasteiger partial charge in [-0.25, -0.2) is 0 Å². The van der Waals surface area contributed by atoms with Gasteiger partial charge in [0.2, 0.25) is 11.8 Å². The van der Waals surface area contributed by atoms with Gasteiger partial charge in [0, 0.05) is 6.54 Å². The third kappa shape index (κ3) is 4.61. The van der Waals surface area contributed by atoms with Crippen molar-refractivity contribution in [1.82, 2.24) is 5.32 Å². The van der Waals surface area contributed by atoms with Crippen molar-refractivity contribution in [1.29, 1.82) is 0 Å². The number of halogens is 2. The maximum absolute atomic E-state index is 12.3. The van der Waals surface area contributed by atoms with E-state index in [1.165, 1.54) is 0 Å². The SMILES string of the molecule is CCCCNC(=O)C(C)(C)C(=O)Nc1c(Cl)cccc1Cl. The summed E-state index contributed by atoms with van der Waals surface area (Å²) in [6, 6.07) is 4.93. The van der Waals surface area contributed by atoms with Crippen LogP contribution in [0.4, 0.5) is 5.69 Å². The molecule has 0 spiro atoms. The molecule has 0 radical (unpaired) electrons. The van der Waals surface area contributed by atoms with Crippen LogP contribution in [0, 0.1) is 5.41 Å². The molecule has 0 heterocycles. The Bertz CT molecular complexity index is 510. The van der Waals surface area contributed by atoms with E-state index in [9.17, 15) is 9.59 Å². The van der Waals surface area contributed by atoms with Crippen LogP contribution in [0.3, 0.4) is 0 Å². The van der Waals surface area contributed by atoms with Gasteiger partial charge in [-0.05, 0) is 32.4 Å². The van der Waals surface area contributed by atoms with Crippen LogP contribution in [0.15, 0.2) is 18.2 Å². The van der Waals surface area contributed by atoms with Gasteiger partial charge in [0.05, 0.1) is 15.7 Å². The molecule has 116 valence electrons. The van der Waals surface area contributed by atoms with Gasteiger partial charge in [0.1, 0.15) is 5.41 Å². The molecule has 0 atom stereocenters. The molecule has 0 fully saturated rings. The van der Waals surface area contributed by atoms with Crippen LogP contribution in [0.25, 0.3) is 0 Å². The zero-order valence-corrected chi connectivity index (χ0v) is 13.9. The molecule has 0 aliphatic rings. The van der Waals surface area contributed by atoms with Gasteiger partial charge in [-0.15, -0.1) is 0 Å². The molecule has 1 rings (SSSR count). The van der Waals surface area contributed by atoms with Gasteiger partial charge in [0.15, 0.2) is 0 Å². The number of rotatable bonds is 6. The second-order valence-electron chi connectivity index (χ2n) is 5.29. The van der Waals surface area contributed by atoms with Crippen molar-refractivity contribution in [3.05, 3.63) is 28.2 Å². The number of carbonyl (C=O) groups is 2. The average Bonchev–Trinajstić information content (AvgIpc) is 2.42. The van der Waals surface area contributed by atoms with Gasteiger partial charge in [-0.2, -0.15) is 0 Å². The molecule has 0 bridgehead atoms. The van der Waals surface area contributed by atoms with Gasteiger partial charge in [-0.3, -0.25) is 9.59 Å². The zero-order chi connectivity index (χ0) is 16.0. The fourth-order valence-corrected chi connectivity index (χ4v) is 2.08. The Morgan fingerprint density at radius 3 is 2.24 bits per heavy atom. The number of hydrogen-bond acceptors (Lipinski definition) is 2. The highest BCUT2D eigenvalue weighted by molar-refractivity contribution is 6.40. The predicted octanol–water partition coefficient (Wildman–Crippen LogP) is 3.87. The number of benzene rings is 1. The van der Waals surface area contributed by atoms with Crippen LogP contribution in [0.5, 0.6) is 0 Å². The summed E-state index contributed by atoms with van der Waals surface area (Å²) in [6.45, 7) is 5.71. The maximum atomic E-state index is 12.3. The quantitative estimate of drug-likeness (QED) is 0.614. The minimum atomic E-state index is -1.21. The summed E-state index contributed by atoms with van der Waals surface area (Å²) in [6.07, 6.45) is 1.85. The summed E-state index contributed by atoms with van der Waals surface area (Å²) >= 11 is 12.0. The predicted molar refractivity (Wildman–Crippen MR) is 86.8 cm³/mol. The Hall–Kier alpha value is -1.26. The lowest BCUT2D eigenvalue weighted by Crippen LogP contribution is -2.45. The Labute approximate surface area is 135 Å². The number of para-hydroxylation sites is 1. The molecule has 1 aromatic rings. The summed E-state index contributed by atoms with van der Waals surface area (Å²) in [4.78, 5) is 24.4. The first kappa shape index (κ1) is 17.8. The van der Waals surface area contributed by atoms with Gasteiger partial charge >= 0.3 is 0 Å². The second-order valence-corrected chi connectivity index (χ2v) is 6.10. The maximum Gasteiger partial charge on any atom is 0.239 e. The fourth-order valence-electron chi connectivity index (χ4n) is 1.59. The van der Waals surface area contributed by atoms with Crippen LogP contribution in [-0.2, 0) is 9.59 Å². The Balaban J connectivity index is 2.79. The summed E-state index contributed by atoms with van der Waals surface area (Å²) in [7, 11) is 0.